The lowest BCUT2D eigenvalue weighted by molar-refractivity contribution is -0.137. The van der Waals surface area contributed by atoms with Crippen LogP contribution in [0.5, 0.6) is 0 Å². The minimum absolute atomic E-state index is 0.105. The molecule has 0 atom stereocenters. The molecule has 0 radical (unpaired) electrons. The highest BCUT2D eigenvalue weighted by molar-refractivity contribution is 5.92. The van der Waals surface area contributed by atoms with Gasteiger partial charge >= 0.3 is 6.18 Å². The molecular formula is C25H17F4N7O. The van der Waals surface area contributed by atoms with E-state index in [1.54, 1.807) is 16.8 Å². The predicted molar refractivity (Wildman–Crippen MR) is 127 cm³/mol. The van der Waals surface area contributed by atoms with E-state index in [2.05, 4.69) is 30.7 Å². The van der Waals surface area contributed by atoms with Crippen molar-refractivity contribution in [3.63, 3.8) is 0 Å². The fourth-order valence-corrected chi connectivity index (χ4v) is 3.64. The van der Waals surface area contributed by atoms with Gasteiger partial charge in [0.15, 0.2) is 0 Å². The molecule has 4 aromatic heterocycles. The summed E-state index contributed by atoms with van der Waals surface area (Å²) in [5.74, 6) is -0.905. The quantitative estimate of drug-likeness (QED) is 0.304. The molecule has 5 rings (SSSR count). The van der Waals surface area contributed by atoms with E-state index in [1.165, 1.54) is 24.5 Å². The van der Waals surface area contributed by atoms with Crippen LogP contribution in [0.2, 0.25) is 0 Å². The van der Waals surface area contributed by atoms with E-state index in [1.807, 2.05) is 24.4 Å². The molecule has 0 spiro atoms. The Bertz CT molecular complexity index is 1580. The lowest BCUT2D eigenvalue weighted by Crippen LogP contribution is -2.15. The smallest absolute Gasteiger partial charge is 0.324 e. The molecule has 0 aliphatic heterocycles. The Labute approximate surface area is 207 Å². The molecule has 8 nitrogen and oxygen atoms in total. The fraction of sp³-hybridized carbons (Fsp3) is 0.0800. The average Bonchev–Trinajstić information content (AvgIpc) is 3.27. The summed E-state index contributed by atoms with van der Waals surface area (Å²) >= 11 is 0. The van der Waals surface area contributed by atoms with Crippen molar-refractivity contribution in [2.24, 2.45) is 0 Å². The molecule has 0 aliphatic carbocycles. The topological polar surface area (TPSA) is 97.1 Å². The molecule has 12 heteroatoms. The molecule has 0 bridgehead atoms. The third-order valence-corrected chi connectivity index (χ3v) is 5.38. The molecule has 1 aromatic carbocycles. The Balaban J connectivity index is 1.25. The van der Waals surface area contributed by atoms with Crippen molar-refractivity contribution in [1.29, 1.82) is 0 Å². The van der Waals surface area contributed by atoms with E-state index < -0.39 is 23.5 Å². The number of fused-ring (bicyclic) bond motifs is 1. The zero-order valence-corrected chi connectivity index (χ0v) is 18.9. The number of carbonyl (C=O) groups excluding carboxylic acids is 1. The van der Waals surface area contributed by atoms with Crippen LogP contribution >= 0.6 is 0 Å². The first-order valence-electron chi connectivity index (χ1n) is 10.9. The Kier molecular flexibility index (Phi) is 6.22. The van der Waals surface area contributed by atoms with Crippen molar-refractivity contribution in [2.45, 2.75) is 12.6 Å². The monoisotopic (exact) mass is 507 g/mol. The highest BCUT2D eigenvalue weighted by atomic mass is 19.4. The zero-order chi connectivity index (χ0) is 26.0. The second-order valence-electron chi connectivity index (χ2n) is 8.01. The minimum Gasteiger partial charge on any atom is -0.324 e. The number of amides is 1. The average molecular weight is 507 g/mol. The van der Waals surface area contributed by atoms with Gasteiger partial charge in [-0.25, -0.2) is 18.9 Å². The molecule has 5 aromatic rings. The van der Waals surface area contributed by atoms with Gasteiger partial charge < -0.3 is 10.6 Å². The van der Waals surface area contributed by atoms with Crippen molar-refractivity contribution in [1.82, 2.24) is 24.6 Å². The van der Waals surface area contributed by atoms with Crippen LogP contribution in [0.25, 0.3) is 16.6 Å². The van der Waals surface area contributed by atoms with Crippen molar-refractivity contribution < 1.29 is 22.4 Å². The Morgan fingerprint density at radius 2 is 1.78 bits per heavy atom. The van der Waals surface area contributed by atoms with Crippen molar-refractivity contribution >= 4 is 28.7 Å². The highest BCUT2D eigenvalue weighted by Crippen LogP contribution is 2.30. The maximum Gasteiger partial charge on any atom is 0.417 e. The number of benzene rings is 1. The Hall–Kier alpha value is -4.87. The molecular weight excluding hydrogens is 490 g/mol. The van der Waals surface area contributed by atoms with Crippen LogP contribution in [0.3, 0.4) is 0 Å². The Morgan fingerprint density at radius 3 is 2.54 bits per heavy atom. The van der Waals surface area contributed by atoms with Gasteiger partial charge in [0.05, 0.1) is 41.3 Å². The van der Waals surface area contributed by atoms with Gasteiger partial charge in [-0.15, -0.1) is 0 Å². The molecule has 0 unspecified atom stereocenters. The number of halogens is 4. The molecule has 0 fully saturated rings. The lowest BCUT2D eigenvalue weighted by atomic mass is 10.0. The number of alkyl halides is 3. The third-order valence-electron chi connectivity index (χ3n) is 5.38. The molecule has 0 saturated carbocycles. The molecule has 0 aliphatic rings. The first-order valence-corrected chi connectivity index (χ1v) is 10.9. The molecule has 0 saturated heterocycles. The van der Waals surface area contributed by atoms with E-state index >= 15 is 0 Å². The second-order valence-corrected chi connectivity index (χ2v) is 8.01. The Morgan fingerprint density at radius 1 is 0.973 bits per heavy atom. The maximum atomic E-state index is 14.8. The fourth-order valence-electron chi connectivity index (χ4n) is 3.64. The van der Waals surface area contributed by atoms with E-state index in [-0.39, 0.29) is 17.7 Å². The first-order chi connectivity index (χ1) is 17.8. The molecule has 186 valence electrons. The van der Waals surface area contributed by atoms with Gasteiger partial charge in [-0.1, -0.05) is 18.2 Å². The van der Waals surface area contributed by atoms with Crippen LogP contribution in [0.4, 0.5) is 34.9 Å². The first kappa shape index (κ1) is 23.9. The van der Waals surface area contributed by atoms with Gasteiger partial charge in [-0.05, 0) is 29.8 Å². The second kappa shape index (κ2) is 9.64. The normalized spacial score (nSPS) is 11.5. The summed E-state index contributed by atoms with van der Waals surface area (Å²) in [5.41, 5.74) is 1.46. The lowest BCUT2D eigenvalue weighted by Gasteiger charge is -2.10. The third kappa shape index (κ3) is 5.37. The molecule has 2 N–H and O–H groups in total. The summed E-state index contributed by atoms with van der Waals surface area (Å²) < 4.78 is 55.0. The number of hydrogen-bond donors (Lipinski definition) is 2. The summed E-state index contributed by atoms with van der Waals surface area (Å²) in [4.78, 5) is 24.3. The van der Waals surface area contributed by atoms with E-state index in [9.17, 15) is 22.4 Å². The summed E-state index contributed by atoms with van der Waals surface area (Å²) in [7, 11) is 0. The van der Waals surface area contributed by atoms with Crippen LogP contribution < -0.4 is 10.6 Å². The van der Waals surface area contributed by atoms with Gasteiger partial charge in [-0.2, -0.15) is 18.3 Å². The van der Waals surface area contributed by atoms with Gasteiger partial charge in [0, 0.05) is 35.9 Å². The zero-order valence-electron chi connectivity index (χ0n) is 18.9. The standard InChI is InChI=1S/C25H17F4N7O/c26-20-7-15(8-23(37)34-18-9-17(12-30-13-18)25(27,28)29)4-5-19(20)16-10-31-24(32-11-16)35-21-14-33-36-6-2-1-3-22(21)36/h1-7,9-14H,8H2,(H,34,37)(H,31,32,35). The van der Waals surface area contributed by atoms with Crippen molar-refractivity contribution in [3.8, 4) is 11.1 Å². The van der Waals surface area contributed by atoms with E-state index in [0.717, 1.165) is 17.8 Å². The van der Waals surface area contributed by atoms with Crippen LogP contribution in [0.15, 0.2) is 79.6 Å². The van der Waals surface area contributed by atoms with Gasteiger partial charge in [0.1, 0.15) is 5.82 Å². The molecule has 37 heavy (non-hydrogen) atoms. The van der Waals surface area contributed by atoms with Gasteiger partial charge in [-0.3, -0.25) is 9.78 Å². The number of aromatic nitrogens is 5. The highest BCUT2D eigenvalue weighted by Gasteiger charge is 2.31. The van der Waals surface area contributed by atoms with E-state index in [4.69, 9.17) is 0 Å². The van der Waals surface area contributed by atoms with Crippen molar-refractivity contribution in [2.75, 3.05) is 10.6 Å². The van der Waals surface area contributed by atoms with Gasteiger partial charge in [0.25, 0.3) is 0 Å². The SMILES string of the molecule is O=C(Cc1ccc(-c2cnc(Nc3cnn4ccccc34)nc2)c(F)c1)Nc1cncc(C(F)(F)F)c1. The minimum atomic E-state index is -4.58. The van der Waals surface area contributed by atoms with Crippen molar-refractivity contribution in [3.05, 3.63) is 96.6 Å². The number of rotatable bonds is 6. The molecule has 1 amide bonds. The number of pyridine rings is 2. The van der Waals surface area contributed by atoms with Crippen LogP contribution in [-0.2, 0) is 17.4 Å². The summed E-state index contributed by atoms with van der Waals surface area (Å²) in [6.45, 7) is 0. The number of carbonyl (C=O) groups is 1. The summed E-state index contributed by atoms with van der Waals surface area (Å²) in [6, 6.07) is 10.6. The number of nitrogens with one attached hydrogen (secondary N) is 2. The summed E-state index contributed by atoms with van der Waals surface area (Å²) in [6.07, 6.45) is 3.32. The van der Waals surface area contributed by atoms with Crippen LogP contribution in [0, 0.1) is 5.82 Å². The van der Waals surface area contributed by atoms with Crippen LogP contribution in [0.1, 0.15) is 11.1 Å². The van der Waals surface area contributed by atoms with Gasteiger partial charge in [0.2, 0.25) is 11.9 Å². The largest absolute Gasteiger partial charge is 0.417 e. The number of hydrogen-bond acceptors (Lipinski definition) is 6. The molecule has 4 heterocycles. The number of anilines is 3. The van der Waals surface area contributed by atoms with E-state index in [0.29, 0.717) is 29.0 Å². The summed E-state index contributed by atoms with van der Waals surface area (Å²) in [5, 5.41) is 9.65. The number of nitrogens with zero attached hydrogens (tertiary/aromatic N) is 5. The predicted octanol–water partition coefficient (Wildman–Crippen LogP) is 5.27. The van der Waals surface area contributed by atoms with Crippen LogP contribution in [-0.4, -0.2) is 30.5 Å². The maximum absolute atomic E-state index is 14.8.